The maximum absolute atomic E-state index is 13.8. The van der Waals surface area contributed by atoms with Crippen molar-refractivity contribution in [3.63, 3.8) is 0 Å². The summed E-state index contributed by atoms with van der Waals surface area (Å²) in [6.07, 6.45) is 3.40. The van der Waals surface area contributed by atoms with E-state index in [1.165, 1.54) is 47.7 Å². The Hall–Kier alpha value is -3.63. The van der Waals surface area contributed by atoms with E-state index in [0.29, 0.717) is 11.4 Å². The van der Waals surface area contributed by atoms with Gasteiger partial charge in [0.2, 0.25) is 5.91 Å². The molecule has 0 fully saturated rings. The van der Waals surface area contributed by atoms with Gasteiger partial charge in [-0.25, -0.2) is 17.8 Å². The van der Waals surface area contributed by atoms with Crippen molar-refractivity contribution < 1.29 is 17.6 Å². The third-order valence-corrected chi connectivity index (χ3v) is 6.65. The van der Waals surface area contributed by atoms with Crippen molar-refractivity contribution >= 4 is 38.6 Å². The second-order valence-corrected chi connectivity index (χ2v) is 9.26. The molecule has 0 aliphatic carbocycles. The molecule has 0 radical (unpaired) electrons. The first kappa shape index (κ1) is 21.6. The lowest BCUT2D eigenvalue weighted by Crippen LogP contribution is -2.16. The number of aromatic nitrogens is 2. The smallest absolute Gasteiger partial charge is 0.262 e. The summed E-state index contributed by atoms with van der Waals surface area (Å²) in [4.78, 5) is 20.9. The van der Waals surface area contributed by atoms with Gasteiger partial charge < -0.3 is 5.32 Å². The number of sulfonamides is 1. The van der Waals surface area contributed by atoms with Crippen LogP contribution in [0.15, 0.2) is 83.3 Å². The minimum Gasteiger partial charge on any atom is -0.326 e. The van der Waals surface area contributed by atoms with Crippen LogP contribution < -0.4 is 10.0 Å². The maximum Gasteiger partial charge on any atom is 0.262 e. The summed E-state index contributed by atoms with van der Waals surface area (Å²) < 4.78 is 41.3. The van der Waals surface area contributed by atoms with E-state index in [1.807, 2.05) is 12.1 Å². The van der Waals surface area contributed by atoms with Crippen molar-refractivity contribution in [2.24, 2.45) is 0 Å². The highest BCUT2D eigenvalue weighted by Gasteiger charge is 2.17. The molecule has 4 rings (SSSR count). The molecule has 2 aromatic heterocycles. The number of hydrogen-bond donors (Lipinski definition) is 2. The van der Waals surface area contributed by atoms with Crippen molar-refractivity contribution in [1.82, 2.24) is 9.97 Å². The highest BCUT2D eigenvalue weighted by molar-refractivity contribution is 7.92. The average molecular weight is 469 g/mol. The Morgan fingerprint density at radius 1 is 1.06 bits per heavy atom. The van der Waals surface area contributed by atoms with E-state index in [4.69, 9.17) is 0 Å². The van der Waals surface area contributed by atoms with Gasteiger partial charge in [-0.15, -0.1) is 11.3 Å². The number of anilines is 2. The number of nitrogens with one attached hydrogen (secondary N) is 2. The number of nitrogens with zero attached hydrogens (tertiary/aromatic N) is 2. The van der Waals surface area contributed by atoms with Gasteiger partial charge in [-0.2, -0.15) is 0 Å². The van der Waals surface area contributed by atoms with Crippen molar-refractivity contribution in [1.29, 1.82) is 0 Å². The molecule has 1 amide bonds. The third-order valence-electron chi connectivity index (χ3n) is 4.35. The van der Waals surface area contributed by atoms with Gasteiger partial charge in [-0.3, -0.25) is 14.5 Å². The molecule has 2 N–H and O–H groups in total. The molecule has 0 bridgehead atoms. The zero-order valence-corrected chi connectivity index (χ0v) is 18.2. The van der Waals surface area contributed by atoms with Crippen molar-refractivity contribution in [3.05, 3.63) is 89.9 Å². The Labute approximate surface area is 188 Å². The lowest BCUT2D eigenvalue weighted by atomic mass is 10.2. The van der Waals surface area contributed by atoms with Gasteiger partial charge in [0.25, 0.3) is 10.0 Å². The van der Waals surface area contributed by atoms with Gasteiger partial charge in [0.1, 0.15) is 10.8 Å². The lowest BCUT2D eigenvalue weighted by Gasteiger charge is -2.10. The van der Waals surface area contributed by atoms with Crippen LogP contribution in [0, 0.1) is 5.82 Å². The van der Waals surface area contributed by atoms with E-state index < -0.39 is 15.8 Å². The molecule has 4 aromatic rings. The van der Waals surface area contributed by atoms with Crippen LogP contribution >= 0.6 is 11.3 Å². The molecule has 2 heterocycles. The molecular formula is C22H17FN4O3S2. The molecule has 162 valence electrons. The summed E-state index contributed by atoms with van der Waals surface area (Å²) in [6, 6.07) is 14.9. The third kappa shape index (κ3) is 5.16. The second-order valence-electron chi connectivity index (χ2n) is 6.72. The van der Waals surface area contributed by atoms with Gasteiger partial charge in [0.05, 0.1) is 22.7 Å². The fourth-order valence-electron chi connectivity index (χ4n) is 2.87. The molecule has 0 saturated carbocycles. The van der Waals surface area contributed by atoms with Crippen molar-refractivity contribution in [3.8, 4) is 10.6 Å². The van der Waals surface area contributed by atoms with Crippen LogP contribution in [-0.4, -0.2) is 24.3 Å². The summed E-state index contributed by atoms with van der Waals surface area (Å²) in [5.74, 6) is -1.03. The van der Waals surface area contributed by atoms with Crippen LogP contribution in [-0.2, 0) is 21.2 Å². The molecule has 7 nitrogen and oxygen atoms in total. The van der Waals surface area contributed by atoms with E-state index in [-0.39, 0.29) is 22.9 Å². The number of benzene rings is 2. The number of thiazole rings is 1. The van der Waals surface area contributed by atoms with Crippen LogP contribution in [0.4, 0.5) is 15.8 Å². The second kappa shape index (κ2) is 9.25. The van der Waals surface area contributed by atoms with E-state index in [0.717, 1.165) is 16.6 Å². The number of halogens is 1. The van der Waals surface area contributed by atoms with Gasteiger partial charge in [-0.05, 0) is 42.5 Å². The first-order chi connectivity index (χ1) is 15.4. The monoisotopic (exact) mass is 468 g/mol. The summed E-state index contributed by atoms with van der Waals surface area (Å²) in [5.41, 5.74) is 1.60. The number of amides is 1. The molecule has 0 spiro atoms. The van der Waals surface area contributed by atoms with E-state index >= 15 is 0 Å². The lowest BCUT2D eigenvalue weighted by molar-refractivity contribution is -0.115. The number of para-hydroxylation sites is 1. The highest BCUT2D eigenvalue weighted by atomic mass is 32.2. The van der Waals surface area contributed by atoms with E-state index in [1.54, 1.807) is 23.8 Å². The fourth-order valence-corrected chi connectivity index (χ4v) is 4.79. The van der Waals surface area contributed by atoms with Gasteiger partial charge in [-0.1, -0.05) is 18.2 Å². The van der Waals surface area contributed by atoms with Gasteiger partial charge in [0, 0.05) is 29.0 Å². The van der Waals surface area contributed by atoms with Crippen LogP contribution in [0.2, 0.25) is 0 Å². The zero-order chi connectivity index (χ0) is 22.6. The molecule has 0 aliphatic heterocycles. The van der Waals surface area contributed by atoms with Gasteiger partial charge >= 0.3 is 0 Å². The number of carbonyl (C=O) groups is 1. The number of pyridine rings is 1. The Balaban J connectivity index is 1.44. The zero-order valence-electron chi connectivity index (χ0n) is 16.5. The predicted octanol–water partition coefficient (Wildman–Crippen LogP) is 4.33. The van der Waals surface area contributed by atoms with Crippen LogP contribution in [0.5, 0.6) is 0 Å². The Morgan fingerprint density at radius 3 is 2.69 bits per heavy atom. The Bertz CT molecular complexity index is 1360. The minimum absolute atomic E-state index is 0.0290. The summed E-state index contributed by atoms with van der Waals surface area (Å²) in [6.45, 7) is 0. The molecule has 10 heteroatoms. The first-order valence-electron chi connectivity index (χ1n) is 9.43. The highest BCUT2D eigenvalue weighted by Crippen LogP contribution is 2.24. The summed E-state index contributed by atoms with van der Waals surface area (Å²) in [7, 11) is -4.04. The number of rotatable bonds is 7. The number of carbonyl (C=O) groups excluding carboxylic acids is 1. The Kier molecular flexibility index (Phi) is 6.24. The predicted molar refractivity (Wildman–Crippen MR) is 121 cm³/mol. The SMILES string of the molecule is O=C(Cc1csc(-c2cccnc2)n1)Nc1cccc(S(=O)(=O)Nc2ccccc2F)c1. The Morgan fingerprint density at radius 2 is 1.91 bits per heavy atom. The van der Waals surface area contributed by atoms with Crippen molar-refractivity contribution in [2.45, 2.75) is 11.3 Å². The minimum atomic E-state index is -4.04. The first-order valence-corrected chi connectivity index (χ1v) is 11.8. The molecule has 0 unspecified atom stereocenters. The topological polar surface area (TPSA) is 101 Å². The molecule has 0 atom stereocenters. The maximum atomic E-state index is 13.8. The van der Waals surface area contributed by atoms with Crippen LogP contribution in [0.1, 0.15) is 5.69 Å². The number of hydrogen-bond acceptors (Lipinski definition) is 6. The molecule has 2 aromatic carbocycles. The van der Waals surface area contributed by atoms with E-state index in [2.05, 4.69) is 20.0 Å². The molecule has 32 heavy (non-hydrogen) atoms. The van der Waals surface area contributed by atoms with Crippen molar-refractivity contribution in [2.75, 3.05) is 10.0 Å². The normalized spacial score (nSPS) is 11.2. The largest absolute Gasteiger partial charge is 0.326 e. The standard InChI is InChI=1S/C22H17FN4O3S2/c23-19-8-1-2-9-20(19)27-32(29,30)18-7-3-6-16(11-18)25-21(28)12-17-14-31-22(26-17)15-5-4-10-24-13-15/h1-11,13-14,27H,12H2,(H,25,28). The summed E-state index contributed by atoms with van der Waals surface area (Å²) in [5, 5.41) is 5.22. The van der Waals surface area contributed by atoms with E-state index in [9.17, 15) is 17.6 Å². The quantitative estimate of drug-likeness (QED) is 0.421. The van der Waals surface area contributed by atoms with Crippen LogP contribution in [0.25, 0.3) is 10.6 Å². The fraction of sp³-hybridized carbons (Fsp3) is 0.0455. The molecule has 0 aliphatic rings. The van der Waals surface area contributed by atoms with Crippen LogP contribution in [0.3, 0.4) is 0 Å². The molecule has 0 saturated heterocycles. The molecular weight excluding hydrogens is 451 g/mol. The summed E-state index contributed by atoms with van der Waals surface area (Å²) >= 11 is 1.41. The van der Waals surface area contributed by atoms with Gasteiger partial charge in [0.15, 0.2) is 0 Å². The average Bonchev–Trinajstić information content (AvgIpc) is 3.24.